The van der Waals surface area contributed by atoms with Gasteiger partial charge in [-0.25, -0.2) is 0 Å². The molecule has 0 atom stereocenters. The molecule has 0 heterocycles. The number of anilines is 1. The number of rotatable bonds is 7. The Morgan fingerprint density at radius 3 is 2.64 bits per heavy atom. The Labute approximate surface area is 138 Å². The van der Waals surface area contributed by atoms with Crippen LogP contribution in [-0.4, -0.2) is 32.1 Å². The fraction of sp³-hybridized carbons (Fsp3) is 0.500. The topological polar surface area (TPSA) is 67.4 Å². The smallest absolute Gasteiger partial charge is 0.240 e. The minimum Gasteiger partial charge on any atom is -0.385 e. The highest BCUT2D eigenvalue weighted by molar-refractivity contribution is 9.10. The summed E-state index contributed by atoms with van der Waals surface area (Å²) in [6, 6.07) is 5.64. The molecule has 2 rings (SSSR count). The minimum absolute atomic E-state index is 0.184. The van der Waals surface area contributed by atoms with Crippen molar-refractivity contribution in [3.8, 4) is 0 Å². The standard InChI is InChI=1S/C16H21BrN2O3/c1-11-10-12(17)4-5-13(11)19-15(21)16(6-7-16)14(20)18-8-3-9-22-2/h4-5,10H,3,6-9H2,1-2H3,(H,18,20)(H,19,21). The normalized spacial score (nSPS) is 15.2. The van der Waals surface area contributed by atoms with E-state index in [4.69, 9.17) is 4.74 Å². The Hall–Kier alpha value is -1.40. The molecule has 22 heavy (non-hydrogen) atoms. The van der Waals surface area contributed by atoms with Crippen LogP contribution in [0.5, 0.6) is 0 Å². The molecule has 2 amide bonds. The number of nitrogens with one attached hydrogen (secondary N) is 2. The lowest BCUT2D eigenvalue weighted by Gasteiger charge is -2.16. The predicted octanol–water partition coefficient (Wildman–Crippen LogP) is 2.63. The lowest BCUT2D eigenvalue weighted by molar-refractivity contribution is -0.134. The fourth-order valence-electron chi connectivity index (χ4n) is 2.28. The molecule has 1 aromatic rings. The second-order valence-corrected chi connectivity index (χ2v) is 6.51. The highest BCUT2D eigenvalue weighted by Crippen LogP contribution is 2.47. The third-order valence-electron chi connectivity index (χ3n) is 3.87. The number of ether oxygens (including phenoxy) is 1. The molecule has 5 nitrogen and oxygen atoms in total. The van der Waals surface area contributed by atoms with Gasteiger partial charge in [-0.3, -0.25) is 9.59 Å². The number of methoxy groups -OCH3 is 1. The molecule has 0 spiro atoms. The number of hydrogen-bond acceptors (Lipinski definition) is 3. The van der Waals surface area contributed by atoms with Gasteiger partial charge in [-0.2, -0.15) is 0 Å². The van der Waals surface area contributed by atoms with Crippen LogP contribution in [0.25, 0.3) is 0 Å². The van der Waals surface area contributed by atoms with Crippen LogP contribution in [0.2, 0.25) is 0 Å². The number of halogens is 1. The first-order chi connectivity index (χ1) is 10.5. The molecule has 0 aliphatic heterocycles. The molecule has 0 unspecified atom stereocenters. The first kappa shape index (κ1) is 17.0. The van der Waals surface area contributed by atoms with Crippen molar-refractivity contribution in [3.63, 3.8) is 0 Å². The number of amides is 2. The van der Waals surface area contributed by atoms with Gasteiger partial charge in [0, 0.05) is 30.4 Å². The van der Waals surface area contributed by atoms with Crippen molar-refractivity contribution < 1.29 is 14.3 Å². The summed E-state index contributed by atoms with van der Waals surface area (Å²) in [4.78, 5) is 24.7. The Bertz CT molecular complexity index is 571. The van der Waals surface area contributed by atoms with E-state index in [1.54, 1.807) is 7.11 Å². The van der Waals surface area contributed by atoms with Gasteiger partial charge in [0.1, 0.15) is 5.41 Å². The molecule has 1 aromatic carbocycles. The molecule has 6 heteroatoms. The van der Waals surface area contributed by atoms with Crippen molar-refractivity contribution in [3.05, 3.63) is 28.2 Å². The monoisotopic (exact) mass is 368 g/mol. The summed E-state index contributed by atoms with van der Waals surface area (Å²) >= 11 is 3.39. The van der Waals surface area contributed by atoms with Crippen LogP contribution in [-0.2, 0) is 14.3 Å². The van der Waals surface area contributed by atoms with Crippen LogP contribution in [0, 0.1) is 12.3 Å². The Kier molecular flexibility index (Phi) is 5.58. The van der Waals surface area contributed by atoms with Crippen molar-refractivity contribution in [2.24, 2.45) is 5.41 Å². The maximum Gasteiger partial charge on any atom is 0.240 e. The molecule has 120 valence electrons. The summed E-state index contributed by atoms with van der Waals surface area (Å²) in [5, 5.41) is 5.70. The van der Waals surface area contributed by atoms with Gasteiger partial charge < -0.3 is 15.4 Å². The van der Waals surface area contributed by atoms with Crippen molar-refractivity contribution in [2.45, 2.75) is 26.2 Å². The largest absolute Gasteiger partial charge is 0.385 e. The van der Waals surface area contributed by atoms with E-state index in [9.17, 15) is 9.59 Å². The van der Waals surface area contributed by atoms with E-state index in [1.807, 2.05) is 25.1 Å². The Morgan fingerprint density at radius 1 is 1.32 bits per heavy atom. The van der Waals surface area contributed by atoms with E-state index in [0.717, 1.165) is 22.1 Å². The molecular formula is C16H21BrN2O3. The van der Waals surface area contributed by atoms with E-state index in [1.165, 1.54) is 0 Å². The second-order valence-electron chi connectivity index (χ2n) is 5.60. The van der Waals surface area contributed by atoms with E-state index >= 15 is 0 Å². The average Bonchev–Trinajstić information content (AvgIpc) is 3.28. The summed E-state index contributed by atoms with van der Waals surface area (Å²) in [7, 11) is 1.62. The number of hydrogen-bond donors (Lipinski definition) is 2. The number of carbonyl (C=O) groups is 2. The molecule has 1 saturated carbocycles. The summed E-state index contributed by atoms with van der Waals surface area (Å²) < 4.78 is 5.90. The predicted molar refractivity (Wildman–Crippen MR) is 88.7 cm³/mol. The first-order valence-corrected chi connectivity index (χ1v) is 8.14. The molecule has 0 radical (unpaired) electrons. The Morgan fingerprint density at radius 2 is 2.05 bits per heavy atom. The molecule has 1 aliphatic carbocycles. The highest BCUT2D eigenvalue weighted by Gasteiger charge is 2.56. The SMILES string of the molecule is COCCCNC(=O)C1(C(=O)Nc2ccc(Br)cc2C)CC1. The Balaban J connectivity index is 1.95. The highest BCUT2D eigenvalue weighted by atomic mass is 79.9. The summed E-state index contributed by atoms with van der Waals surface area (Å²) in [6.45, 7) is 3.04. The summed E-state index contributed by atoms with van der Waals surface area (Å²) in [5.74, 6) is -0.405. The zero-order valence-electron chi connectivity index (χ0n) is 12.9. The van der Waals surface area contributed by atoms with E-state index in [-0.39, 0.29) is 11.8 Å². The molecule has 1 aliphatic rings. The maximum atomic E-state index is 12.5. The van der Waals surface area contributed by atoms with Crippen LogP contribution in [0.4, 0.5) is 5.69 Å². The van der Waals surface area contributed by atoms with Gasteiger partial charge in [-0.05, 0) is 49.9 Å². The van der Waals surface area contributed by atoms with Crippen molar-refractivity contribution in [1.29, 1.82) is 0 Å². The maximum absolute atomic E-state index is 12.5. The van der Waals surface area contributed by atoms with Crippen LogP contribution in [0.15, 0.2) is 22.7 Å². The molecular weight excluding hydrogens is 348 g/mol. The number of aryl methyl sites for hydroxylation is 1. The zero-order valence-corrected chi connectivity index (χ0v) is 14.5. The van der Waals surface area contributed by atoms with Gasteiger partial charge in [0.25, 0.3) is 0 Å². The van der Waals surface area contributed by atoms with Crippen molar-refractivity contribution >= 4 is 33.4 Å². The van der Waals surface area contributed by atoms with Crippen molar-refractivity contribution in [2.75, 3.05) is 25.6 Å². The number of carbonyl (C=O) groups excluding carboxylic acids is 2. The van der Waals surface area contributed by atoms with E-state index < -0.39 is 5.41 Å². The molecule has 1 fully saturated rings. The minimum atomic E-state index is -0.896. The van der Waals surface area contributed by atoms with Gasteiger partial charge in [-0.15, -0.1) is 0 Å². The molecule has 0 saturated heterocycles. The second kappa shape index (κ2) is 7.24. The van der Waals surface area contributed by atoms with E-state index in [0.29, 0.717) is 26.0 Å². The van der Waals surface area contributed by atoms with Gasteiger partial charge in [0.15, 0.2) is 0 Å². The lowest BCUT2D eigenvalue weighted by atomic mass is 10.0. The van der Waals surface area contributed by atoms with Gasteiger partial charge >= 0.3 is 0 Å². The third kappa shape index (κ3) is 3.87. The van der Waals surface area contributed by atoms with Gasteiger partial charge in [-0.1, -0.05) is 15.9 Å². The molecule has 0 aromatic heterocycles. The van der Waals surface area contributed by atoms with Gasteiger partial charge in [0.2, 0.25) is 11.8 Å². The summed E-state index contributed by atoms with van der Waals surface area (Å²) in [6.07, 6.45) is 1.95. The molecule has 2 N–H and O–H groups in total. The van der Waals surface area contributed by atoms with Crippen LogP contribution in [0.1, 0.15) is 24.8 Å². The lowest BCUT2D eigenvalue weighted by Crippen LogP contribution is -2.40. The number of benzene rings is 1. The van der Waals surface area contributed by atoms with Crippen LogP contribution in [0.3, 0.4) is 0 Å². The zero-order chi connectivity index (χ0) is 16.2. The van der Waals surface area contributed by atoms with Gasteiger partial charge in [0.05, 0.1) is 0 Å². The quantitative estimate of drug-likeness (QED) is 0.574. The van der Waals surface area contributed by atoms with Crippen LogP contribution < -0.4 is 10.6 Å². The fourth-order valence-corrected chi connectivity index (χ4v) is 2.75. The van der Waals surface area contributed by atoms with Crippen LogP contribution >= 0.6 is 15.9 Å². The van der Waals surface area contributed by atoms with Crippen molar-refractivity contribution in [1.82, 2.24) is 5.32 Å². The first-order valence-electron chi connectivity index (χ1n) is 7.34. The summed E-state index contributed by atoms with van der Waals surface area (Å²) in [5.41, 5.74) is 0.803. The third-order valence-corrected chi connectivity index (χ3v) is 4.36. The molecule has 0 bridgehead atoms. The van der Waals surface area contributed by atoms with E-state index in [2.05, 4.69) is 26.6 Å². The average molecular weight is 369 g/mol.